The molecule has 18 heavy (non-hydrogen) atoms. The molecule has 1 aliphatic heterocycles. The van der Waals surface area contributed by atoms with Crippen LogP contribution in [0.25, 0.3) is 0 Å². The third kappa shape index (κ3) is 2.76. The first-order valence-electron chi connectivity index (χ1n) is 7.09. The van der Waals surface area contributed by atoms with Gasteiger partial charge in [0.1, 0.15) is 0 Å². The molecule has 0 amide bonds. The van der Waals surface area contributed by atoms with Crippen molar-refractivity contribution in [1.29, 1.82) is 0 Å². The fourth-order valence-corrected chi connectivity index (χ4v) is 3.00. The molecule has 1 aliphatic rings. The Morgan fingerprint density at radius 2 is 2.22 bits per heavy atom. The van der Waals surface area contributed by atoms with Crippen molar-refractivity contribution in [2.75, 3.05) is 13.7 Å². The molecule has 0 bridgehead atoms. The third-order valence-electron chi connectivity index (χ3n) is 4.09. The Labute approximate surface area is 111 Å². The van der Waals surface area contributed by atoms with Crippen LogP contribution in [0, 0.1) is 0 Å². The molecule has 0 radical (unpaired) electrons. The molecule has 0 spiro atoms. The van der Waals surface area contributed by atoms with Gasteiger partial charge in [-0.25, -0.2) is 0 Å². The smallest absolute Gasteiger partial charge is 0.0848 e. The zero-order valence-corrected chi connectivity index (χ0v) is 11.8. The van der Waals surface area contributed by atoms with E-state index in [0.29, 0.717) is 0 Å². The molecule has 2 atom stereocenters. The Morgan fingerprint density at radius 1 is 1.39 bits per heavy atom. The van der Waals surface area contributed by atoms with Crippen LogP contribution in [0.2, 0.25) is 0 Å². The van der Waals surface area contributed by atoms with Crippen molar-refractivity contribution in [3.05, 3.63) is 35.4 Å². The molecule has 0 saturated carbocycles. The Bertz CT molecular complexity index is 382. The molecule has 1 fully saturated rings. The summed E-state index contributed by atoms with van der Waals surface area (Å²) in [7, 11) is 2.03. The third-order valence-corrected chi connectivity index (χ3v) is 4.09. The van der Waals surface area contributed by atoms with Crippen LogP contribution in [0.1, 0.15) is 50.3 Å². The number of rotatable bonds is 4. The van der Waals surface area contributed by atoms with Gasteiger partial charge in [-0.15, -0.1) is 0 Å². The molecule has 1 aromatic rings. The van der Waals surface area contributed by atoms with Crippen LogP contribution in [0.5, 0.6) is 0 Å². The van der Waals surface area contributed by atoms with Crippen molar-refractivity contribution in [2.45, 2.75) is 51.2 Å². The Hall–Kier alpha value is -0.860. The summed E-state index contributed by atoms with van der Waals surface area (Å²) < 4.78 is 6.08. The Morgan fingerprint density at radius 3 is 2.83 bits per heavy atom. The average Bonchev–Trinajstić information content (AvgIpc) is 2.40. The van der Waals surface area contributed by atoms with E-state index in [1.54, 1.807) is 0 Å². The predicted molar refractivity (Wildman–Crippen MR) is 75.8 cm³/mol. The Balaban J connectivity index is 2.26. The van der Waals surface area contributed by atoms with Gasteiger partial charge in [-0.1, -0.05) is 31.2 Å². The van der Waals surface area contributed by atoms with E-state index in [1.807, 2.05) is 7.05 Å². The van der Waals surface area contributed by atoms with E-state index < -0.39 is 0 Å². The highest BCUT2D eigenvalue weighted by Gasteiger charge is 2.36. The summed E-state index contributed by atoms with van der Waals surface area (Å²) in [6.07, 6.45) is 4.68. The highest BCUT2D eigenvalue weighted by Crippen LogP contribution is 2.36. The summed E-state index contributed by atoms with van der Waals surface area (Å²) in [4.78, 5) is 0. The zero-order chi connectivity index (χ0) is 13.0. The summed E-state index contributed by atoms with van der Waals surface area (Å²) in [5.41, 5.74) is 2.67. The van der Waals surface area contributed by atoms with Gasteiger partial charge in [0, 0.05) is 6.61 Å². The number of aryl methyl sites for hydroxylation is 1. The van der Waals surface area contributed by atoms with Crippen molar-refractivity contribution in [2.24, 2.45) is 0 Å². The first-order valence-corrected chi connectivity index (χ1v) is 7.09. The van der Waals surface area contributed by atoms with E-state index in [0.717, 1.165) is 19.4 Å². The number of hydrogen-bond donors (Lipinski definition) is 1. The van der Waals surface area contributed by atoms with Crippen LogP contribution in [0.15, 0.2) is 24.3 Å². The normalized spacial score (nSPS) is 25.9. The largest absolute Gasteiger partial charge is 0.373 e. The molecule has 1 heterocycles. The average molecular weight is 247 g/mol. The topological polar surface area (TPSA) is 21.3 Å². The van der Waals surface area contributed by atoms with E-state index in [2.05, 4.69) is 43.4 Å². The maximum atomic E-state index is 6.08. The first kappa shape index (κ1) is 13.6. The number of benzene rings is 1. The number of nitrogens with one attached hydrogen (secondary N) is 1. The van der Waals surface area contributed by atoms with E-state index in [9.17, 15) is 0 Å². The fourth-order valence-electron chi connectivity index (χ4n) is 3.00. The minimum atomic E-state index is -0.0701. The lowest BCUT2D eigenvalue weighted by molar-refractivity contribution is -0.0884. The van der Waals surface area contributed by atoms with Crippen LogP contribution in [-0.4, -0.2) is 19.3 Å². The number of hydrogen-bond acceptors (Lipinski definition) is 2. The monoisotopic (exact) mass is 247 g/mol. The molecule has 2 unspecified atom stereocenters. The van der Waals surface area contributed by atoms with Crippen LogP contribution < -0.4 is 5.32 Å². The molecular weight excluding hydrogens is 222 g/mol. The molecule has 1 aromatic carbocycles. The van der Waals surface area contributed by atoms with Crippen LogP contribution in [0.3, 0.4) is 0 Å². The van der Waals surface area contributed by atoms with Crippen molar-refractivity contribution < 1.29 is 4.74 Å². The molecule has 2 rings (SSSR count). The highest BCUT2D eigenvalue weighted by molar-refractivity contribution is 5.28. The second-order valence-corrected chi connectivity index (χ2v) is 5.44. The summed E-state index contributed by atoms with van der Waals surface area (Å²) >= 11 is 0. The van der Waals surface area contributed by atoms with Gasteiger partial charge in [0.2, 0.25) is 0 Å². The fraction of sp³-hybridized carbons (Fsp3) is 0.625. The van der Waals surface area contributed by atoms with E-state index in [1.165, 1.54) is 24.0 Å². The zero-order valence-electron chi connectivity index (χ0n) is 11.8. The minimum absolute atomic E-state index is 0.0701. The standard InChI is InChI=1S/C16H25NO/c1-4-13-8-7-9-14(12-13)15(17-3)16(2)10-5-6-11-18-16/h7-9,12,15,17H,4-6,10-11H2,1-3H3. The molecule has 1 saturated heterocycles. The minimum Gasteiger partial charge on any atom is -0.373 e. The van der Waals surface area contributed by atoms with Gasteiger partial charge in [0.05, 0.1) is 11.6 Å². The number of likely N-dealkylation sites (N-methyl/N-ethyl adjacent to an activating group) is 1. The van der Waals surface area contributed by atoms with Crippen molar-refractivity contribution in [3.63, 3.8) is 0 Å². The second-order valence-electron chi connectivity index (χ2n) is 5.44. The molecule has 2 nitrogen and oxygen atoms in total. The summed E-state index contributed by atoms with van der Waals surface area (Å²) in [5, 5.41) is 3.45. The molecule has 0 aromatic heterocycles. The first-order chi connectivity index (χ1) is 8.69. The lowest BCUT2D eigenvalue weighted by Gasteiger charge is -2.41. The molecule has 2 heteroatoms. The Kier molecular flexibility index (Phi) is 4.41. The number of ether oxygens (including phenoxy) is 1. The van der Waals surface area contributed by atoms with Crippen LogP contribution in [-0.2, 0) is 11.2 Å². The second kappa shape index (κ2) is 5.85. The summed E-state index contributed by atoms with van der Waals surface area (Å²) in [6.45, 7) is 5.33. The van der Waals surface area contributed by atoms with Gasteiger partial charge >= 0.3 is 0 Å². The SMILES string of the molecule is CCc1cccc(C(NC)C2(C)CCCCO2)c1. The van der Waals surface area contributed by atoms with Gasteiger partial charge in [0.25, 0.3) is 0 Å². The maximum absolute atomic E-state index is 6.08. The predicted octanol–water partition coefficient (Wildman–Crippen LogP) is 3.47. The van der Waals surface area contributed by atoms with Gasteiger partial charge in [0.15, 0.2) is 0 Å². The molecular formula is C16H25NO. The van der Waals surface area contributed by atoms with Crippen molar-refractivity contribution in [3.8, 4) is 0 Å². The van der Waals surface area contributed by atoms with E-state index >= 15 is 0 Å². The van der Waals surface area contributed by atoms with Crippen LogP contribution >= 0.6 is 0 Å². The van der Waals surface area contributed by atoms with Crippen molar-refractivity contribution in [1.82, 2.24) is 5.32 Å². The van der Waals surface area contributed by atoms with Gasteiger partial charge in [-0.3, -0.25) is 0 Å². The van der Waals surface area contributed by atoms with E-state index in [4.69, 9.17) is 4.74 Å². The van der Waals surface area contributed by atoms with Crippen molar-refractivity contribution >= 4 is 0 Å². The van der Waals surface area contributed by atoms with Crippen LogP contribution in [0.4, 0.5) is 0 Å². The summed E-state index contributed by atoms with van der Waals surface area (Å²) in [5.74, 6) is 0. The summed E-state index contributed by atoms with van der Waals surface area (Å²) in [6, 6.07) is 9.16. The van der Waals surface area contributed by atoms with Gasteiger partial charge in [-0.05, 0) is 50.8 Å². The van der Waals surface area contributed by atoms with E-state index in [-0.39, 0.29) is 11.6 Å². The van der Waals surface area contributed by atoms with Gasteiger partial charge < -0.3 is 10.1 Å². The lowest BCUT2D eigenvalue weighted by atomic mass is 9.83. The molecule has 0 aliphatic carbocycles. The highest BCUT2D eigenvalue weighted by atomic mass is 16.5. The molecule has 100 valence electrons. The quantitative estimate of drug-likeness (QED) is 0.879. The lowest BCUT2D eigenvalue weighted by Crippen LogP contribution is -2.44. The van der Waals surface area contributed by atoms with Gasteiger partial charge in [-0.2, -0.15) is 0 Å². The maximum Gasteiger partial charge on any atom is 0.0848 e. The molecule has 1 N–H and O–H groups in total.